The number of rotatable bonds is 8. The van der Waals surface area contributed by atoms with Gasteiger partial charge in [0, 0.05) is 15.5 Å². The third-order valence-corrected chi connectivity index (χ3v) is 5.55. The summed E-state index contributed by atoms with van der Waals surface area (Å²) in [5.41, 5.74) is 0.847. The van der Waals surface area contributed by atoms with Crippen molar-refractivity contribution >= 4 is 10.8 Å². The van der Waals surface area contributed by atoms with E-state index in [0.717, 1.165) is 18.4 Å². The minimum absolute atomic E-state index is 0.217. The Hall–Kier alpha value is -0.670. The minimum Gasteiger partial charge on any atom is -0.387 e. The van der Waals surface area contributed by atoms with Crippen LogP contribution in [0.5, 0.6) is 0 Å². The van der Waals surface area contributed by atoms with Gasteiger partial charge in [-0.05, 0) is 25.8 Å². The van der Waals surface area contributed by atoms with E-state index >= 15 is 0 Å². The highest BCUT2D eigenvalue weighted by Crippen LogP contribution is 2.25. The monoisotopic (exact) mass is 282 g/mol. The maximum absolute atomic E-state index is 12.4. The smallest absolute Gasteiger partial charge is 0.0905 e. The van der Waals surface area contributed by atoms with Crippen molar-refractivity contribution in [2.45, 2.75) is 57.3 Å². The van der Waals surface area contributed by atoms with Crippen molar-refractivity contribution in [3.8, 4) is 0 Å². The fourth-order valence-electron chi connectivity index (χ4n) is 2.05. The Morgan fingerprint density at radius 1 is 1.21 bits per heavy atom. The molecule has 19 heavy (non-hydrogen) atoms. The number of aliphatic hydroxyl groups is 1. The molecule has 1 rings (SSSR count). The zero-order valence-corrected chi connectivity index (χ0v) is 13.1. The highest BCUT2D eigenvalue weighted by molar-refractivity contribution is 7.86. The number of hydrogen-bond donors (Lipinski definition) is 1. The summed E-state index contributed by atoms with van der Waals surface area (Å²) in [6.45, 7) is 6.25. The van der Waals surface area contributed by atoms with Gasteiger partial charge in [-0.3, -0.25) is 4.21 Å². The van der Waals surface area contributed by atoms with Crippen LogP contribution in [0.25, 0.3) is 0 Å². The van der Waals surface area contributed by atoms with Crippen LogP contribution in [0.4, 0.5) is 0 Å². The second-order valence-corrected chi connectivity index (χ2v) is 7.79. The minimum atomic E-state index is -1.01. The molecule has 1 aromatic carbocycles. The predicted octanol–water partition coefficient (Wildman–Crippen LogP) is 3.83. The maximum atomic E-state index is 12.4. The summed E-state index contributed by atoms with van der Waals surface area (Å²) in [6, 6.07) is 9.47. The zero-order chi connectivity index (χ0) is 14.3. The highest BCUT2D eigenvalue weighted by Gasteiger charge is 2.27. The standard InChI is InChI=1S/C16H26O2S/c1-4-5-9-12-16(2,3)19(18)13-15(17)14-10-7-6-8-11-14/h6-8,10-11,15,17H,4-5,9,12-13H2,1-3H3. The van der Waals surface area contributed by atoms with Gasteiger partial charge < -0.3 is 5.11 Å². The molecule has 0 amide bonds. The third-order valence-electron chi connectivity index (χ3n) is 3.49. The van der Waals surface area contributed by atoms with E-state index in [1.807, 2.05) is 44.2 Å². The lowest BCUT2D eigenvalue weighted by Crippen LogP contribution is -2.30. The molecule has 2 unspecified atom stereocenters. The van der Waals surface area contributed by atoms with Crippen molar-refractivity contribution < 1.29 is 9.32 Å². The number of hydrogen-bond acceptors (Lipinski definition) is 2. The van der Waals surface area contributed by atoms with E-state index in [1.54, 1.807) is 0 Å². The fraction of sp³-hybridized carbons (Fsp3) is 0.625. The van der Waals surface area contributed by atoms with Crippen molar-refractivity contribution in [1.29, 1.82) is 0 Å². The lowest BCUT2D eigenvalue weighted by molar-refractivity contribution is 0.202. The van der Waals surface area contributed by atoms with E-state index < -0.39 is 16.9 Å². The van der Waals surface area contributed by atoms with Crippen molar-refractivity contribution in [3.05, 3.63) is 35.9 Å². The molecule has 0 fully saturated rings. The number of benzene rings is 1. The van der Waals surface area contributed by atoms with Crippen molar-refractivity contribution in [2.75, 3.05) is 5.75 Å². The lowest BCUT2D eigenvalue weighted by atomic mass is 10.0. The molecule has 0 aliphatic heterocycles. The Morgan fingerprint density at radius 2 is 1.84 bits per heavy atom. The molecule has 1 N–H and O–H groups in total. The summed E-state index contributed by atoms with van der Waals surface area (Å²) in [5.74, 6) is 0.323. The summed E-state index contributed by atoms with van der Waals surface area (Å²) in [5, 5.41) is 10.1. The fourth-order valence-corrected chi connectivity index (χ4v) is 3.36. The molecule has 0 aliphatic rings. The molecular formula is C16H26O2S. The Kier molecular flexibility index (Phi) is 6.73. The predicted molar refractivity (Wildman–Crippen MR) is 82.6 cm³/mol. The molecule has 108 valence electrons. The van der Waals surface area contributed by atoms with Crippen LogP contribution in [0.2, 0.25) is 0 Å². The van der Waals surface area contributed by atoms with E-state index in [9.17, 15) is 9.32 Å². The molecule has 0 radical (unpaired) electrons. The first-order valence-corrected chi connectivity index (χ1v) is 8.40. The van der Waals surface area contributed by atoms with Gasteiger partial charge in [0.05, 0.1) is 11.9 Å². The summed E-state index contributed by atoms with van der Waals surface area (Å²) >= 11 is 0. The average molecular weight is 282 g/mol. The summed E-state index contributed by atoms with van der Waals surface area (Å²) < 4.78 is 12.2. The van der Waals surface area contributed by atoms with Crippen LogP contribution in [0, 0.1) is 0 Å². The Balaban J connectivity index is 2.53. The van der Waals surface area contributed by atoms with Crippen LogP contribution in [0.3, 0.4) is 0 Å². The second kappa shape index (κ2) is 7.81. The van der Waals surface area contributed by atoms with Gasteiger partial charge >= 0.3 is 0 Å². The average Bonchev–Trinajstić information content (AvgIpc) is 2.39. The molecule has 0 bridgehead atoms. The van der Waals surface area contributed by atoms with Gasteiger partial charge in [0.2, 0.25) is 0 Å². The first-order valence-electron chi connectivity index (χ1n) is 7.09. The van der Waals surface area contributed by atoms with Crippen molar-refractivity contribution in [1.82, 2.24) is 0 Å². The molecule has 0 heterocycles. The van der Waals surface area contributed by atoms with E-state index in [1.165, 1.54) is 12.8 Å². The van der Waals surface area contributed by atoms with Crippen LogP contribution >= 0.6 is 0 Å². The Bertz CT molecular complexity index is 387. The van der Waals surface area contributed by atoms with Gasteiger partial charge in [-0.1, -0.05) is 56.5 Å². The highest BCUT2D eigenvalue weighted by atomic mass is 32.2. The van der Waals surface area contributed by atoms with E-state index in [4.69, 9.17) is 0 Å². The van der Waals surface area contributed by atoms with E-state index in [0.29, 0.717) is 5.75 Å². The van der Waals surface area contributed by atoms with Gasteiger partial charge in [0.1, 0.15) is 0 Å². The van der Waals surface area contributed by atoms with Crippen LogP contribution in [-0.2, 0) is 10.8 Å². The maximum Gasteiger partial charge on any atom is 0.0905 e. The van der Waals surface area contributed by atoms with Gasteiger partial charge in [-0.15, -0.1) is 0 Å². The van der Waals surface area contributed by atoms with Crippen LogP contribution in [-0.4, -0.2) is 19.8 Å². The summed E-state index contributed by atoms with van der Waals surface area (Å²) in [4.78, 5) is 0. The molecule has 3 heteroatoms. The van der Waals surface area contributed by atoms with E-state index in [2.05, 4.69) is 6.92 Å². The molecule has 0 aromatic heterocycles. The quantitative estimate of drug-likeness (QED) is 0.736. The Morgan fingerprint density at radius 3 is 2.42 bits per heavy atom. The van der Waals surface area contributed by atoms with Gasteiger partial charge in [-0.2, -0.15) is 0 Å². The molecule has 2 atom stereocenters. The topological polar surface area (TPSA) is 37.3 Å². The molecule has 2 nitrogen and oxygen atoms in total. The van der Waals surface area contributed by atoms with Gasteiger partial charge in [0.25, 0.3) is 0 Å². The summed E-state index contributed by atoms with van der Waals surface area (Å²) in [6.07, 6.45) is 3.79. The lowest BCUT2D eigenvalue weighted by Gasteiger charge is -2.25. The van der Waals surface area contributed by atoms with Gasteiger partial charge in [-0.25, -0.2) is 0 Å². The van der Waals surface area contributed by atoms with Gasteiger partial charge in [0.15, 0.2) is 0 Å². The molecule has 0 saturated carbocycles. The zero-order valence-electron chi connectivity index (χ0n) is 12.3. The second-order valence-electron chi connectivity index (χ2n) is 5.66. The van der Waals surface area contributed by atoms with E-state index in [-0.39, 0.29) is 4.75 Å². The molecule has 1 aromatic rings. The SMILES string of the molecule is CCCCCC(C)(C)S(=O)CC(O)c1ccccc1. The molecule has 0 aliphatic carbocycles. The first-order chi connectivity index (χ1) is 8.97. The van der Waals surface area contributed by atoms with Crippen LogP contribution < -0.4 is 0 Å². The normalized spacial score (nSPS) is 15.2. The number of unbranched alkanes of at least 4 members (excludes halogenated alkanes) is 2. The molecule has 0 spiro atoms. The first kappa shape index (κ1) is 16.4. The van der Waals surface area contributed by atoms with Crippen molar-refractivity contribution in [3.63, 3.8) is 0 Å². The summed E-state index contributed by atoms with van der Waals surface area (Å²) in [7, 11) is -1.01. The van der Waals surface area contributed by atoms with Crippen LogP contribution in [0.15, 0.2) is 30.3 Å². The molecule has 0 saturated heterocycles. The Labute approximate surface area is 119 Å². The third kappa shape index (κ3) is 5.45. The number of aliphatic hydroxyl groups excluding tert-OH is 1. The van der Waals surface area contributed by atoms with Crippen LogP contribution in [0.1, 0.15) is 58.1 Å². The largest absolute Gasteiger partial charge is 0.387 e. The van der Waals surface area contributed by atoms with Crippen molar-refractivity contribution in [2.24, 2.45) is 0 Å². The molecular weight excluding hydrogens is 256 g/mol.